The van der Waals surface area contributed by atoms with Gasteiger partial charge in [0.1, 0.15) is 11.9 Å². The predicted octanol–water partition coefficient (Wildman–Crippen LogP) is 2.55. The standard InChI is InChI=1S/C17H19FN2O3S/c1-3-16(17(21)20(2)14-7-5-4-6-8-14)19-24(22,23)15-11-9-13(18)10-12-15/h4-12,16,19H,3H2,1-2H3. The van der Waals surface area contributed by atoms with Crippen molar-refractivity contribution in [3.8, 4) is 0 Å². The van der Waals surface area contributed by atoms with Crippen LogP contribution >= 0.6 is 0 Å². The van der Waals surface area contributed by atoms with E-state index in [1.807, 2.05) is 6.07 Å². The van der Waals surface area contributed by atoms with Crippen LogP contribution in [0.25, 0.3) is 0 Å². The number of rotatable bonds is 6. The van der Waals surface area contributed by atoms with Gasteiger partial charge in [0.05, 0.1) is 4.90 Å². The molecule has 0 spiro atoms. The molecule has 0 aliphatic heterocycles. The highest BCUT2D eigenvalue weighted by Gasteiger charge is 2.27. The molecule has 5 nitrogen and oxygen atoms in total. The number of nitrogens with zero attached hydrogens (tertiary/aromatic N) is 1. The Morgan fingerprint density at radius 2 is 1.71 bits per heavy atom. The average Bonchev–Trinajstić information content (AvgIpc) is 2.59. The minimum absolute atomic E-state index is 0.0856. The Morgan fingerprint density at radius 1 is 1.12 bits per heavy atom. The molecule has 0 saturated heterocycles. The van der Waals surface area contributed by atoms with Gasteiger partial charge in [-0.1, -0.05) is 25.1 Å². The van der Waals surface area contributed by atoms with E-state index in [4.69, 9.17) is 0 Å². The van der Waals surface area contributed by atoms with E-state index in [0.29, 0.717) is 5.69 Å². The molecule has 0 aromatic heterocycles. The summed E-state index contributed by atoms with van der Waals surface area (Å²) >= 11 is 0. The van der Waals surface area contributed by atoms with Crippen molar-refractivity contribution >= 4 is 21.6 Å². The van der Waals surface area contributed by atoms with Gasteiger partial charge < -0.3 is 4.90 Å². The molecule has 128 valence electrons. The van der Waals surface area contributed by atoms with Crippen molar-refractivity contribution < 1.29 is 17.6 Å². The highest BCUT2D eigenvalue weighted by molar-refractivity contribution is 7.89. The number of benzene rings is 2. The van der Waals surface area contributed by atoms with Crippen LogP contribution in [0.1, 0.15) is 13.3 Å². The van der Waals surface area contributed by atoms with E-state index < -0.39 is 21.9 Å². The number of sulfonamides is 1. The molecule has 0 aliphatic carbocycles. The number of nitrogens with one attached hydrogen (secondary N) is 1. The number of carbonyl (C=O) groups is 1. The molecule has 0 fully saturated rings. The van der Waals surface area contributed by atoms with E-state index in [2.05, 4.69) is 4.72 Å². The summed E-state index contributed by atoms with van der Waals surface area (Å²) < 4.78 is 40.1. The Kier molecular flexibility index (Phi) is 5.69. The maximum Gasteiger partial charge on any atom is 0.244 e. The Morgan fingerprint density at radius 3 is 2.25 bits per heavy atom. The molecule has 1 unspecified atom stereocenters. The minimum atomic E-state index is -3.91. The van der Waals surface area contributed by atoms with Crippen molar-refractivity contribution in [1.82, 2.24) is 4.72 Å². The SMILES string of the molecule is CCC(NS(=O)(=O)c1ccc(F)cc1)C(=O)N(C)c1ccccc1. The first-order valence-electron chi connectivity index (χ1n) is 7.45. The lowest BCUT2D eigenvalue weighted by molar-refractivity contribution is -0.119. The van der Waals surface area contributed by atoms with Gasteiger partial charge >= 0.3 is 0 Å². The van der Waals surface area contributed by atoms with E-state index in [1.54, 1.807) is 38.2 Å². The minimum Gasteiger partial charge on any atom is -0.314 e. The second kappa shape index (κ2) is 7.55. The van der Waals surface area contributed by atoms with Crippen molar-refractivity contribution in [2.24, 2.45) is 0 Å². The van der Waals surface area contributed by atoms with Crippen LogP contribution in [-0.2, 0) is 14.8 Å². The number of hydrogen-bond acceptors (Lipinski definition) is 3. The molecule has 0 heterocycles. The predicted molar refractivity (Wildman–Crippen MR) is 90.7 cm³/mol. The molecule has 7 heteroatoms. The van der Waals surface area contributed by atoms with Gasteiger partial charge in [0.15, 0.2) is 0 Å². The van der Waals surface area contributed by atoms with Gasteiger partial charge in [-0.3, -0.25) is 4.79 Å². The normalized spacial score (nSPS) is 12.6. The van der Waals surface area contributed by atoms with Crippen LogP contribution in [0.2, 0.25) is 0 Å². The summed E-state index contributed by atoms with van der Waals surface area (Å²) in [7, 11) is -2.32. The molecular formula is C17H19FN2O3S. The summed E-state index contributed by atoms with van der Waals surface area (Å²) in [5, 5.41) is 0. The zero-order valence-electron chi connectivity index (χ0n) is 13.4. The highest BCUT2D eigenvalue weighted by atomic mass is 32.2. The summed E-state index contributed by atoms with van der Waals surface area (Å²) in [4.78, 5) is 13.9. The molecule has 0 radical (unpaired) electrons. The summed E-state index contributed by atoms with van der Waals surface area (Å²) in [6, 6.07) is 12.5. The lowest BCUT2D eigenvalue weighted by Crippen LogP contribution is -2.47. The van der Waals surface area contributed by atoms with Crippen LogP contribution in [0.4, 0.5) is 10.1 Å². The third kappa shape index (κ3) is 4.18. The van der Waals surface area contributed by atoms with Gasteiger partial charge in [-0.25, -0.2) is 12.8 Å². The fraction of sp³-hybridized carbons (Fsp3) is 0.235. The van der Waals surface area contributed by atoms with E-state index >= 15 is 0 Å². The number of likely N-dealkylation sites (N-methyl/N-ethyl adjacent to an activating group) is 1. The molecule has 2 aromatic rings. The third-order valence-electron chi connectivity index (χ3n) is 3.60. The largest absolute Gasteiger partial charge is 0.314 e. The maximum atomic E-state index is 12.9. The average molecular weight is 350 g/mol. The Hall–Kier alpha value is -2.25. The zero-order chi connectivity index (χ0) is 17.7. The van der Waals surface area contributed by atoms with Crippen LogP contribution in [0, 0.1) is 5.82 Å². The van der Waals surface area contributed by atoms with Crippen molar-refractivity contribution in [2.75, 3.05) is 11.9 Å². The monoisotopic (exact) mass is 350 g/mol. The van der Waals surface area contributed by atoms with Crippen molar-refractivity contribution in [3.05, 3.63) is 60.4 Å². The zero-order valence-corrected chi connectivity index (χ0v) is 14.3. The molecule has 1 N–H and O–H groups in total. The molecular weight excluding hydrogens is 331 g/mol. The molecule has 1 atom stereocenters. The van der Waals surface area contributed by atoms with Crippen molar-refractivity contribution in [1.29, 1.82) is 0 Å². The topological polar surface area (TPSA) is 66.5 Å². The van der Waals surface area contributed by atoms with Crippen LogP contribution in [0.3, 0.4) is 0 Å². The fourth-order valence-electron chi connectivity index (χ4n) is 2.19. The van der Waals surface area contributed by atoms with E-state index in [0.717, 1.165) is 24.3 Å². The van der Waals surface area contributed by atoms with Gasteiger partial charge in [-0.2, -0.15) is 4.72 Å². The molecule has 2 aromatic carbocycles. The highest BCUT2D eigenvalue weighted by Crippen LogP contribution is 2.15. The number of amides is 1. The quantitative estimate of drug-likeness (QED) is 0.871. The molecule has 1 amide bonds. The smallest absolute Gasteiger partial charge is 0.244 e. The lowest BCUT2D eigenvalue weighted by Gasteiger charge is -2.23. The number of halogens is 1. The number of carbonyl (C=O) groups excluding carboxylic acids is 1. The van der Waals surface area contributed by atoms with Crippen LogP contribution in [0.5, 0.6) is 0 Å². The molecule has 0 bridgehead atoms. The third-order valence-corrected chi connectivity index (χ3v) is 5.09. The summed E-state index contributed by atoms with van der Waals surface area (Å²) in [5.41, 5.74) is 0.668. The van der Waals surface area contributed by atoms with Gasteiger partial charge in [0, 0.05) is 12.7 Å². The second-order valence-corrected chi connectivity index (χ2v) is 6.98. The summed E-state index contributed by atoms with van der Waals surface area (Å²) in [6.07, 6.45) is 0.288. The van der Waals surface area contributed by atoms with Crippen LogP contribution in [-0.4, -0.2) is 27.4 Å². The molecule has 2 rings (SSSR count). The first-order chi connectivity index (χ1) is 11.3. The number of hydrogen-bond donors (Lipinski definition) is 1. The number of anilines is 1. The first-order valence-corrected chi connectivity index (χ1v) is 8.94. The van der Waals surface area contributed by atoms with E-state index in [1.165, 1.54) is 4.90 Å². The van der Waals surface area contributed by atoms with Gasteiger partial charge in [0.25, 0.3) is 0 Å². The maximum absolute atomic E-state index is 12.9. The second-order valence-electron chi connectivity index (χ2n) is 5.27. The molecule has 24 heavy (non-hydrogen) atoms. The van der Waals surface area contributed by atoms with Crippen molar-refractivity contribution in [2.45, 2.75) is 24.3 Å². The fourth-order valence-corrected chi connectivity index (χ4v) is 3.46. The summed E-state index contributed by atoms with van der Waals surface area (Å²) in [5.74, 6) is -0.893. The van der Waals surface area contributed by atoms with Gasteiger partial charge in [0.2, 0.25) is 15.9 Å². The summed E-state index contributed by atoms with van der Waals surface area (Å²) in [6.45, 7) is 1.72. The Balaban J connectivity index is 2.19. The van der Waals surface area contributed by atoms with Gasteiger partial charge in [-0.15, -0.1) is 0 Å². The Labute approximate surface area is 141 Å². The van der Waals surface area contributed by atoms with E-state index in [-0.39, 0.29) is 17.2 Å². The van der Waals surface area contributed by atoms with Gasteiger partial charge in [-0.05, 0) is 42.8 Å². The lowest BCUT2D eigenvalue weighted by atomic mass is 10.2. The number of para-hydroxylation sites is 1. The van der Waals surface area contributed by atoms with Crippen LogP contribution < -0.4 is 9.62 Å². The first kappa shape index (κ1) is 18.1. The molecule has 0 aliphatic rings. The van der Waals surface area contributed by atoms with Crippen LogP contribution in [0.15, 0.2) is 59.5 Å². The van der Waals surface area contributed by atoms with E-state index in [9.17, 15) is 17.6 Å². The van der Waals surface area contributed by atoms with Crippen molar-refractivity contribution in [3.63, 3.8) is 0 Å². The molecule has 0 saturated carbocycles. The Bertz CT molecular complexity index is 792.